The molecule has 1 aliphatic heterocycles. The molecular formula is C63H90N8O10. The Morgan fingerprint density at radius 3 is 1.57 bits per heavy atom. The molecule has 18 heteroatoms. The molecule has 4 unspecified atom stereocenters. The largest absolute Gasteiger partial charge is 0.444 e. The third-order valence-electron chi connectivity index (χ3n) is 15.7. The molecule has 1 fully saturated rings. The maximum Gasteiger partial charge on any atom is 0.410 e. The van der Waals surface area contributed by atoms with Crippen molar-refractivity contribution in [1.29, 1.82) is 0 Å². The van der Waals surface area contributed by atoms with Gasteiger partial charge in [-0.2, -0.15) is 0 Å². The van der Waals surface area contributed by atoms with Gasteiger partial charge in [0.2, 0.25) is 35.4 Å². The molecule has 5 N–H and O–H groups in total. The van der Waals surface area contributed by atoms with Crippen LogP contribution in [0, 0.1) is 11.3 Å². The number of likely N-dealkylation sites (tertiary alicyclic amines) is 1. The number of carbonyl (C=O) groups excluding carboxylic acids is 8. The summed E-state index contributed by atoms with van der Waals surface area (Å²) in [5.74, 6) is -3.56. The van der Waals surface area contributed by atoms with Gasteiger partial charge in [-0.1, -0.05) is 107 Å². The molecule has 0 saturated carbocycles. The van der Waals surface area contributed by atoms with Gasteiger partial charge in [0.25, 0.3) is 0 Å². The van der Waals surface area contributed by atoms with E-state index in [9.17, 15) is 33.6 Å². The highest BCUT2D eigenvalue weighted by Gasteiger charge is 2.47. The fraction of sp³-hybridized carbons (Fsp3) is 0.587. The van der Waals surface area contributed by atoms with Gasteiger partial charge in [-0.3, -0.25) is 38.6 Å². The lowest BCUT2D eigenvalue weighted by Crippen LogP contribution is -2.60. The van der Waals surface area contributed by atoms with Gasteiger partial charge in [0, 0.05) is 33.0 Å². The van der Waals surface area contributed by atoms with Crippen LogP contribution in [-0.2, 0) is 57.5 Å². The lowest BCUT2D eigenvalue weighted by molar-refractivity contribution is -0.144. The molecule has 1 saturated heterocycles. The second-order valence-corrected chi connectivity index (χ2v) is 25.8. The molecule has 3 aromatic rings. The van der Waals surface area contributed by atoms with Crippen molar-refractivity contribution in [3.8, 4) is 0 Å². The number of amides is 8. The predicted octanol–water partition coefficient (Wildman–Crippen LogP) is 7.97. The summed E-state index contributed by atoms with van der Waals surface area (Å²) in [5.41, 5.74) is 3.56. The molecule has 1 heterocycles. The first-order chi connectivity index (χ1) is 37.8. The first-order valence-electron chi connectivity index (χ1n) is 28.8. The van der Waals surface area contributed by atoms with Crippen molar-refractivity contribution in [3.05, 3.63) is 106 Å². The number of aryl methyl sites for hydroxylation is 2. The zero-order chi connectivity index (χ0) is 59.9. The molecule has 3 aliphatic rings. The van der Waals surface area contributed by atoms with Crippen molar-refractivity contribution in [2.75, 3.05) is 20.6 Å². The van der Waals surface area contributed by atoms with E-state index >= 15 is 4.79 Å². The lowest BCUT2D eigenvalue weighted by Gasteiger charge is -2.37. The molecule has 442 valence electrons. The van der Waals surface area contributed by atoms with Crippen molar-refractivity contribution < 1.29 is 47.8 Å². The van der Waals surface area contributed by atoms with Crippen LogP contribution >= 0.6 is 0 Å². The Balaban J connectivity index is 1.26. The van der Waals surface area contributed by atoms with E-state index < -0.39 is 101 Å². The highest BCUT2D eigenvalue weighted by molar-refractivity contribution is 5.96. The van der Waals surface area contributed by atoms with E-state index in [0.717, 1.165) is 59.9 Å². The molecular weight excluding hydrogens is 1030 g/mol. The molecule has 2 aliphatic carbocycles. The van der Waals surface area contributed by atoms with E-state index in [-0.39, 0.29) is 43.3 Å². The number of benzene rings is 3. The summed E-state index contributed by atoms with van der Waals surface area (Å²) in [5, 5.41) is 15.3. The van der Waals surface area contributed by atoms with E-state index in [0.29, 0.717) is 6.42 Å². The number of nitrogens with one attached hydrogen (secondary N) is 5. The molecule has 0 radical (unpaired) electrons. The number of hydrogen-bond acceptors (Lipinski definition) is 10. The highest BCUT2D eigenvalue weighted by atomic mass is 16.6. The highest BCUT2D eigenvalue weighted by Crippen LogP contribution is 2.37. The number of carbonyl (C=O) groups is 8. The van der Waals surface area contributed by atoms with E-state index in [4.69, 9.17) is 9.47 Å². The minimum atomic E-state index is -1.09. The van der Waals surface area contributed by atoms with Crippen molar-refractivity contribution in [2.45, 2.75) is 207 Å². The average Bonchev–Trinajstić information content (AvgIpc) is 3.88. The molecule has 8 amide bonds. The van der Waals surface area contributed by atoms with Crippen LogP contribution in [0.1, 0.15) is 173 Å². The molecule has 6 rings (SSSR count). The minimum Gasteiger partial charge on any atom is -0.444 e. The summed E-state index contributed by atoms with van der Waals surface area (Å²) in [6.45, 7) is 22.8. The zero-order valence-electron chi connectivity index (χ0n) is 50.5. The first-order valence-corrected chi connectivity index (χ1v) is 28.8. The van der Waals surface area contributed by atoms with Crippen LogP contribution in [0.2, 0.25) is 0 Å². The van der Waals surface area contributed by atoms with Crippen LogP contribution in [0.5, 0.6) is 0 Å². The average molecular weight is 1120 g/mol. The Kier molecular flexibility index (Phi) is 20.5. The number of fused-ring (bicyclic) bond motifs is 2. The van der Waals surface area contributed by atoms with Gasteiger partial charge in [-0.15, -0.1) is 0 Å². The summed E-state index contributed by atoms with van der Waals surface area (Å²) >= 11 is 0. The molecule has 3 aromatic carbocycles. The number of likely N-dealkylation sites (N-methyl/N-ethyl adjacent to an activating group) is 2. The second-order valence-electron chi connectivity index (χ2n) is 25.8. The normalized spacial score (nSPS) is 19.9. The van der Waals surface area contributed by atoms with Gasteiger partial charge in [-0.25, -0.2) is 9.59 Å². The number of rotatable bonds is 17. The van der Waals surface area contributed by atoms with Gasteiger partial charge in [-0.05, 0) is 145 Å². The molecule has 0 bridgehead atoms. The Labute approximate surface area is 479 Å². The van der Waals surface area contributed by atoms with Gasteiger partial charge >= 0.3 is 12.2 Å². The summed E-state index contributed by atoms with van der Waals surface area (Å²) in [6.07, 6.45) is 4.00. The fourth-order valence-electron chi connectivity index (χ4n) is 10.8. The maximum atomic E-state index is 15.2. The van der Waals surface area contributed by atoms with Crippen LogP contribution in [0.25, 0.3) is 0 Å². The Bertz CT molecular complexity index is 2760. The predicted molar refractivity (Wildman–Crippen MR) is 311 cm³/mol. The zero-order valence-corrected chi connectivity index (χ0v) is 50.5. The van der Waals surface area contributed by atoms with E-state index in [1.807, 2.05) is 81.4 Å². The molecule has 9 atom stereocenters. The van der Waals surface area contributed by atoms with E-state index in [1.54, 1.807) is 74.1 Å². The second kappa shape index (κ2) is 26.3. The van der Waals surface area contributed by atoms with Crippen molar-refractivity contribution >= 4 is 47.6 Å². The lowest BCUT2D eigenvalue weighted by atomic mass is 9.85. The molecule has 0 spiro atoms. The van der Waals surface area contributed by atoms with Crippen molar-refractivity contribution in [2.24, 2.45) is 11.3 Å². The van der Waals surface area contributed by atoms with Gasteiger partial charge in [0.1, 0.15) is 47.5 Å². The first kappa shape index (κ1) is 63.2. The van der Waals surface area contributed by atoms with Crippen LogP contribution in [0.3, 0.4) is 0 Å². The van der Waals surface area contributed by atoms with Gasteiger partial charge < -0.3 is 41.0 Å². The molecule has 0 aromatic heterocycles. The Hall–Kier alpha value is -6.98. The smallest absolute Gasteiger partial charge is 0.410 e. The monoisotopic (exact) mass is 1120 g/mol. The quantitative estimate of drug-likeness (QED) is 0.0877. The SMILES string of the molecule is CC(C)C(NC(=O)[C@H](C)N(C)C(=O)OC(C)(C)C)C(=O)N[C@@H](Cc1ccc([C@H]2CC(C(=O)NC3CCCc4ccccc43)N(C(=O)[C@@H](NC(=O)[C@H](C)N(C)C(=O)OC(C)(C)C)C(C)(C)C)C2)cc1)C(=O)NC1CCCc2ccccc21. The topological polar surface area (TPSA) is 225 Å². The van der Waals surface area contributed by atoms with Crippen molar-refractivity contribution in [3.63, 3.8) is 0 Å². The van der Waals surface area contributed by atoms with Crippen LogP contribution in [-0.4, -0.2) is 130 Å². The molecule has 18 nitrogen and oxygen atoms in total. The fourth-order valence-corrected chi connectivity index (χ4v) is 10.8. The summed E-state index contributed by atoms with van der Waals surface area (Å²) < 4.78 is 11.0. The number of ether oxygens (including phenoxy) is 2. The Morgan fingerprint density at radius 1 is 0.605 bits per heavy atom. The molecule has 81 heavy (non-hydrogen) atoms. The third kappa shape index (κ3) is 16.6. The summed E-state index contributed by atoms with van der Waals surface area (Å²) in [7, 11) is 2.92. The van der Waals surface area contributed by atoms with Gasteiger partial charge in [0.05, 0.1) is 12.1 Å². The van der Waals surface area contributed by atoms with Crippen molar-refractivity contribution in [1.82, 2.24) is 41.3 Å². The summed E-state index contributed by atoms with van der Waals surface area (Å²) in [4.78, 5) is 116. The van der Waals surface area contributed by atoms with Crippen LogP contribution in [0.4, 0.5) is 9.59 Å². The third-order valence-corrected chi connectivity index (χ3v) is 15.7. The number of nitrogens with zero attached hydrogens (tertiary/aromatic N) is 3. The minimum absolute atomic E-state index is 0.0838. The Morgan fingerprint density at radius 2 is 1.09 bits per heavy atom. The van der Waals surface area contributed by atoms with E-state index in [2.05, 4.69) is 38.7 Å². The number of hydrogen-bond donors (Lipinski definition) is 5. The van der Waals surface area contributed by atoms with Crippen LogP contribution in [0.15, 0.2) is 72.8 Å². The summed E-state index contributed by atoms with van der Waals surface area (Å²) in [6, 6.07) is 17.0. The van der Waals surface area contributed by atoms with E-state index in [1.165, 1.54) is 29.5 Å². The van der Waals surface area contributed by atoms with Crippen LogP contribution < -0.4 is 26.6 Å². The van der Waals surface area contributed by atoms with Gasteiger partial charge in [0.15, 0.2) is 0 Å². The maximum absolute atomic E-state index is 15.2. The standard InChI is InChI=1S/C63H90N8O10/c1-37(2)51(67-53(72)38(3)69(14)59(78)80-62(8,9)10)57(76)66-49(55(74)64-47-28-20-24-42-22-16-18-26-45(42)47)34-40-30-32-41(33-31-40)44-35-50(56(75)65-48-29-21-25-43-23-17-19-27-46(43)48)71(36-44)58(77)52(61(5,6)7)68-54(73)39(4)70(15)60(79)81-63(11,12)13/h16-19,22-23,26-27,30-33,37-39,44,47-52H,20-21,24-25,28-29,34-36H2,1-15H3,(H,64,74)(H,65,75)(H,66,76)(H,67,72)(H,68,73)/t38-,39-,44-,47?,48?,49-,50?,51?,52+/m0/s1.